The third-order valence-corrected chi connectivity index (χ3v) is 12.8. The quantitative estimate of drug-likeness (QED) is 0.263. The third-order valence-electron chi connectivity index (χ3n) is 12.8. The van der Waals surface area contributed by atoms with Crippen molar-refractivity contribution in [2.45, 2.75) is 65.2 Å². The molecule has 0 aromatic heterocycles. The molecule has 50 heavy (non-hydrogen) atoms. The number of piperidine rings is 3. The van der Waals surface area contributed by atoms with Crippen LogP contribution in [0.3, 0.4) is 0 Å². The fourth-order valence-electron chi connectivity index (χ4n) is 9.30. The first-order valence-electron chi connectivity index (χ1n) is 19.3. The van der Waals surface area contributed by atoms with Gasteiger partial charge in [-0.05, 0) is 104 Å². The maximum Gasteiger partial charge on any atom is 0.223 e. The van der Waals surface area contributed by atoms with Crippen molar-refractivity contribution in [3.63, 3.8) is 0 Å². The highest BCUT2D eigenvalue weighted by Crippen LogP contribution is 2.63. The van der Waals surface area contributed by atoms with Gasteiger partial charge in [-0.2, -0.15) is 0 Å². The second kappa shape index (κ2) is 13.6. The van der Waals surface area contributed by atoms with Crippen LogP contribution in [0.15, 0.2) is 54.6 Å². The Labute approximate surface area is 298 Å². The zero-order valence-corrected chi connectivity index (χ0v) is 30.1. The largest absolute Gasteiger partial charge is 0.506 e. The van der Waals surface area contributed by atoms with Crippen LogP contribution in [0.5, 0.6) is 11.5 Å². The summed E-state index contributed by atoms with van der Waals surface area (Å²) in [6.07, 6.45) is 8.61. The Balaban J connectivity index is 0.900. The molecule has 4 aliphatic heterocycles. The first-order chi connectivity index (χ1) is 24.3. The molecule has 0 spiro atoms. The monoisotopic (exact) mass is 677 g/mol. The Bertz CT molecular complexity index is 1670. The lowest BCUT2D eigenvalue weighted by Crippen LogP contribution is -2.48. The molecule has 8 nitrogen and oxygen atoms in total. The van der Waals surface area contributed by atoms with Crippen molar-refractivity contribution in [3.8, 4) is 22.6 Å². The van der Waals surface area contributed by atoms with E-state index in [4.69, 9.17) is 0 Å². The van der Waals surface area contributed by atoms with E-state index in [2.05, 4.69) is 75.9 Å². The maximum absolute atomic E-state index is 13.3. The number of nitrogens with zero attached hydrogens (tertiary/aromatic N) is 5. The second-order valence-electron chi connectivity index (χ2n) is 16.1. The van der Waals surface area contributed by atoms with Gasteiger partial charge in [-0.1, -0.05) is 38.1 Å². The van der Waals surface area contributed by atoms with E-state index in [-0.39, 0.29) is 5.91 Å². The number of hydrogen-bond acceptors (Lipinski definition) is 7. The summed E-state index contributed by atoms with van der Waals surface area (Å²) in [5.41, 5.74) is 7.72. The molecule has 1 amide bonds. The fourth-order valence-corrected chi connectivity index (χ4v) is 9.30. The average Bonchev–Trinajstić information content (AvgIpc) is 3.42. The number of benzene rings is 3. The number of phenols is 2. The van der Waals surface area contributed by atoms with Gasteiger partial charge in [0.25, 0.3) is 0 Å². The molecule has 2 atom stereocenters. The molecular weight excluding hydrogens is 622 g/mol. The van der Waals surface area contributed by atoms with E-state index in [0.717, 1.165) is 80.4 Å². The minimum Gasteiger partial charge on any atom is -0.506 e. The van der Waals surface area contributed by atoms with Gasteiger partial charge in [0.1, 0.15) is 11.5 Å². The van der Waals surface area contributed by atoms with E-state index in [9.17, 15) is 15.0 Å². The lowest BCUT2D eigenvalue weighted by molar-refractivity contribution is -0.131. The third kappa shape index (κ3) is 6.46. The molecule has 8 rings (SSSR count). The molecule has 5 aliphatic rings. The average molecular weight is 678 g/mol. The number of fused-ring (bicyclic) bond motifs is 1. The summed E-state index contributed by atoms with van der Waals surface area (Å²) in [5.74, 6) is 2.31. The fraction of sp³-hybridized carbons (Fsp3) is 0.548. The summed E-state index contributed by atoms with van der Waals surface area (Å²) < 4.78 is 0. The van der Waals surface area contributed by atoms with Crippen LogP contribution in [0.4, 0.5) is 22.7 Å². The Hall–Kier alpha value is -4.07. The first-order valence-corrected chi connectivity index (χ1v) is 19.3. The summed E-state index contributed by atoms with van der Waals surface area (Å²) in [7, 11) is 0. The van der Waals surface area contributed by atoms with Crippen molar-refractivity contribution < 1.29 is 15.0 Å². The molecule has 3 aromatic rings. The van der Waals surface area contributed by atoms with Crippen molar-refractivity contribution in [1.29, 1.82) is 0 Å². The first kappa shape index (κ1) is 33.1. The number of phenolic OH excluding ortho intramolecular Hbond substituents is 2. The maximum atomic E-state index is 13.3. The Kier molecular flexibility index (Phi) is 8.98. The Morgan fingerprint density at radius 3 is 1.90 bits per heavy atom. The molecule has 266 valence electrons. The van der Waals surface area contributed by atoms with E-state index in [1.807, 2.05) is 17.0 Å². The SMILES string of the molecule is CC1(C)C2CN(c3cc(N4CCCCC4)cc(-c4ccc(CCC(=O)N5CCN(c6cc(N7CCCCC7)ccc6O)CC5)cc4)c3O)CC21. The van der Waals surface area contributed by atoms with E-state index in [1.54, 1.807) is 0 Å². The van der Waals surface area contributed by atoms with Crippen LogP contribution in [0.1, 0.15) is 64.4 Å². The number of aromatic hydroxyl groups is 2. The lowest BCUT2D eigenvalue weighted by atomic mass is 9.98. The van der Waals surface area contributed by atoms with Crippen molar-refractivity contribution in [1.82, 2.24) is 4.90 Å². The molecule has 3 aromatic carbocycles. The second-order valence-corrected chi connectivity index (χ2v) is 16.1. The van der Waals surface area contributed by atoms with Gasteiger partial charge < -0.3 is 34.7 Å². The standard InChI is InChI=1S/C42H55N5O3/c1-42(2)35-28-47(29-36(35)42)38-27-33(44-19-7-4-8-20-44)25-34(41(38)50)31-12-9-30(10-13-31)11-16-40(49)46-23-21-45(22-24-46)37-26-32(14-15-39(37)48)43-17-5-3-6-18-43/h9-10,12-15,25-27,35-36,48,50H,3-8,11,16-24,28-29H2,1-2H3. The number of rotatable bonds is 8. The molecule has 1 saturated carbocycles. The predicted octanol–water partition coefficient (Wildman–Crippen LogP) is 7.12. The highest BCUT2D eigenvalue weighted by Gasteiger charge is 2.62. The molecule has 5 fully saturated rings. The zero-order chi connectivity index (χ0) is 34.4. The van der Waals surface area contributed by atoms with Gasteiger partial charge in [0.2, 0.25) is 5.91 Å². The van der Waals surface area contributed by atoms with E-state index in [0.29, 0.717) is 54.7 Å². The smallest absolute Gasteiger partial charge is 0.223 e. The summed E-state index contributed by atoms with van der Waals surface area (Å²) in [6.45, 7) is 13.8. The molecule has 4 saturated heterocycles. The van der Waals surface area contributed by atoms with Crippen LogP contribution < -0.4 is 19.6 Å². The van der Waals surface area contributed by atoms with Gasteiger partial charge in [-0.3, -0.25) is 4.79 Å². The minimum absolute atomic E-state index is 0.184. The number of carbonyl (C=O) groups is 1. The van der Waals surface area contributed by atoms with Gasteiger partial charge in [0, 0.05) is 88.8 Å². The number of aryl methyl sites for hydroxylation is 1. The Morgan fingerprint density at radius 1 is 0.660 bits per heavy atom. The highest BCUT2D eigenvalue weighted by atomic mass is 16.3. The summed E-state index contributed by atoms with van der Waals surface area (Å²) in [4.78, 5) is 24.8. The van der Waals surface area contributed by atoms with Crippen molar-refractivity contribution in [2.75, 3.05) is 85.0 Å². The highest BCUT2D eigenvalue weighted by molar-refractivity contribution is 5.84. The zero-order valence-electron chi connectivity index (χ0n) is 30.1. The van der Waals surface area contributed by atoms with E-state index in [1.165, 1.54) is 49.9 Å². The van der Waals surface area contributed by atoms with Gasteiger partial charge >= 0.3 is 0 Å². The van der Waals surface area contributed by atoms with Crippen LogP contribution in [0.25, 0.3) is 11.1 Å². The number of hydrogen-bond donors (Lipinski definition) is 2. The van der Waals surface area contributed by atoms with Crippen LogP contribution in [0.2, 0.25) is 0 Å². The van der Waals surface area contributed by atoms with Crippen molar-refractivity contribution in [2.24, 2.45) is 17.3 Å². The number of carbonyl (C=O) groups excluding carboxylic acids is 1. The molecule has 0 radical (unpaired) electrons. The number of piperazine rings is 1. The van der Waals surface area contributed by atoms with Crippen LogP contribution >= 0.6 is 0 Å². The molecule has 4 heterocycles. The molecule has 2 N–H and O–H groups in total. The molecule has 0 bridgehead atoms. The van der Waals surface area contributed by atoms with Gasteiger partial charge in [-0.25, -0.2) is 0 Å². The topological polar surface area (TPSA) is 73.7 Å². The van der Waals surface area contributed by atoms with Crippen LogP contribution in [-0.4, -0.2) is 86.5 Å². The van der Waals surface area contributed by atoms with Gasteiger partial charge in [0.15, 0.2) is 0 Å². The summed E-state index contributed by atoms with van der Waals surface area (Å²) >= 11 is 0. The summed E-state index contributed by atoms with van der Waals surface area (Å²) in [6, 6.07) is 18.9. The predicted molar refractivity (Wildman–Crippen MR) is 204 cm³/mol. The van der Waals surface area contributed by atoms with E-state index >= 15 is 0 Å². The van der Waals surface area contributed by atoms with Crippen LogP contribution in [0, 0.1) is 17.3 Å². The molecular formula is C42H55N5O3. The minimum atomic E-state index is 0.184. The lowest BCUT2D eigenvalue weighted by Gasteiger charge is -2.37. The Morgan fingerprint density at radius 2 is 1.26 bits per heavy atom. The summed E-state index contributed by atoms with van der Waals surface area (Å²) in [5, 5.41) is 22.4. The molecule has 8 heteroatoms. The molecule has 1 aliphatic carbocycles. The van der Waals surface area contributed by atoms with Crippen molar-refractivity contribution >= 4 is 28.7 Å². The number of anilines is 4. The number of amides is 1. The van der Waals surface area contributed by atoms with Gasteiger partial charge in [-0.15, -0.1) is 0 Å². The van der Waals surface area contributed by atoms with Crippen molar-refractivity contribution in [3.05, 3.63) is 60.2 Å². The van der Waals surface area contributed by atoms with Gasteiger partial charge in [0.05, 0.1) is 11.4 Å². The normalized spacial score (nSPS) is 23.3. The van der Waals surface area contributed by atoms with E-state index < -0.39 is 0 Å². The van der Waals surface area contributed by atoms with Crippen LogP contribution in [-0.2, 0) is 11.2 Å². The molecule has 2 unspecified atom stereocenters.